The second kappa shape index (κ2) is 5.15. The number of hydrogen-bond acceptors (Lipinski definition) is 4. The molecule has 2 saturated heterocycles. The Morgan fingerprint density at radius 1 is 1.26 bits per heavy atom. The minimum atomic E-state index is -4.30. The molecule has 4 nitrogen and oxygen atoms in total. The first-order valence-electron chi connectivity index (χ1n) is 7.88. The van der Waals surface area contributed by atoms with E-state index in [0.29, 0.717) is 12.5 Å². The molecule has 10 heteroatoms. The average Bonchev–Trinajstić information content (AvgIpc) is 2.69. The fourth-order valence-electron chi connectivity index (χ4n) is 3.79. The van der Waals surface area contributed by atoms with Gasteiger partial charge < -0.3 is 18.4 Å². The zero-order valence-electron chi connectivity index (χ0n) is 14.5. The second-order valence-corrected chi connectivity index (χ2v) is 19.6. The molecular formula is C13H27F3O4Si3. The van der Waals surface area contributed by atoms with Gasteiger partial charge in [-0.2, -0.15) is 13.2 Å². The van der Waals surface area contributed by atoms with Gasteiger partial charge in [0.25, 0.3) is 0 Å². The van der Waals surface area contributed by atoms with Gasteiger partial charge in [0.1, 0.15) is 0 Å². The molecule has 0 bridgehead atoms. The zero-order valence-corrected chi connectivity index (χ0v) is 17.5. The van der Waals surface area contributed by atoms with Crippen LogP contribution < -0.4 is 0 Å². The predicted octanol–water partition coefficient (Wildman–Crippen LogP) is 3.19. The van der Waals surface area contributed by atoms with E-state index < -0.39 is 53.8 Å². The lowest BCUT2D eigenvalue weighted by molar-refractivity contribution is -0.136. The summed E-state index contributed by atoms with van der Waals surface area (Å²) in [4.78, 5) is 20.6. The third-order valence-corrected chi connectivity index (χ3v) is 16.1. The molecule has 0 aromatic rings. The Balaban J connectivity index is 2.26. The molecule has 2 rings (SSSR count). The predicted molar refractivity (Wildman–Crippen MR) is 88.0 cm³/mol. The fourth-order valence-corrected chi connectivity index (χ4v) is 14.3. The number of halogens is 3. The smallest absolute Gasteiger partial charge is 0.389 e. The van der Waals surface area contributed by atoms with E-state index in [0.717, 1.165) is 0 Å². The van der Waals surface area contributed by atoms with Gasteiger partial charge in [-0.15, -0.1) is 0 Å². The van der Waals surface area contributed by atoms with Gasteiger partial charge in [0, 0.05) is 12.0 Å². The minimum Gasteiger partial charge on any atom is -0.429 e. The Morgan fingerprint density at radius 3 is 2.09 bits per heavy atom. The lowest BCUT2D eigenvalue weighted by Gasteiger charge is -2.52. The Kier molecular flexibility index (Phi) is 4.39. The van der Waals surface area contributed by atoms with Crippen LogP contribution in [0.2, 0.25) is 37.8 Å². The van der Waals surface area contributed by atoms with E-state index >= 15 is 0 Å². The summed E-state index contributed by atoms with van der Waals surface area (Å²) in [5.41, 5.74) is -0.754. The van der Waals surface area contributed by atoms with Crippen molar-refractivity contribution >= 4 is 25.2 Å². The lowest BCUT2D eigenvalue weighted by atomic mass is 10.2. The van der Waals surface area contributed by atoms with Crippen LogP contribution in [0.5, 0.6) is 0 Å². The summed E-state index contributed by atoms with van der Waals surface area (Å²) in [5.74, 6) is 0. The highest BCUT2D eigenvalue weighted by Crippen LogP contribution is 2.67. The Morgan fingerprint density at radius 2 is 1.78 bits per heavy atom. The topological polar surface area (TPSA) is 58.9 Å². The summed E-state index contributed by atoms with van der Waals surface area (Å²) in [6.07, 6.45) is -4.59. The Hall–Kier alpha value is 0.281. The van der Waals surface area contributed by atoms with Crippen LogP contribution in [0.15, 0.2) is 0 Å². The van der Waals surface area contributed by atoms with Crippen molar-refractivity contribution in [2.75, 3.05) is 0 Å². The summed E-state index contributed by atoms with van der Waals surface area (Å²) in [7, 11) is -8.46. The van der Waals surface area contributed by atoms with Crippen molar-refractivity contribution in [2.45, 2.75) is 81.1 Å². The monoisotopic (exact) mass is 388 g/mol. The molecule has 0 radical (unpaired) electrons. The van der Waals surface area contributed by atoms with Crippen LogP contribution in [-0.4, -0.2) is 51.4 Å². The molecular weight excluding hydrogens is 361 g/mol. The van der Waals surface area contributed by atoms with Gasteiger partial charge in [-0.25, -0.2) is 0 Å². The summed E-state index contributed by atoms with van der Waals surface area (Å²) in [6, 6.07) is 0.704. The van der Waals surface area contributed by atoms with Crippen LogP contribution in [0.1, 0.15) is 26.7 Å². The largest absolute Gasteiger partial charge is 0.429 e. The molecule has 2 aliphatic rings. The molecule has 0 aromatic carbocycles. The standard InChI is InChI=1S/C13H27F3O4Si3/c1-11(7-8-22(11,5)18)19-23(6)10(9-13(14,15)16)12(23,2)20-21(3,4)17/h10,17-18H,7-9H2,1-6H3. The van der Waals surface area contributed by atoms with E-state index in [-0.39, 0.29) is 0 Å². The average molecular weight is 389 g/mol. The highest BCUT2D eigenvalue weighted by atomic mass is 28.4. The van der Waals surface area contributed by atoms with Gasteiger partial charge in [0.2, 0.25) is 16.6 Å². The highest BCUT2D eigenvalue weighted by Gasteiger charge is 2.81. The third kappa shape index (κ3) is 3.35. The van der Waals surface area contributed by atoms with E-state index in [9.17, 15) is 22.8 Å². The Bertz CT molecular complexity index is 496. The first kappa shape index (κ1) is 19.6. The van der Waals surface area contributed by atoms with Gasteiger partial charge in [-0.1, -0.05) is 0 Å². The fraction of sp³-hybridized carbons (Fsp3) is 1.00. The molecule has 0 amide bonds. The number of rotatable bonds is 5. The van der Waals surface area contributed by atoms with Crippen LogP contribution in [0.4, 0.5) is 13.2 Å². The molecule has 5 unspecified atom stereocenters. The molecule has 0 spiro atoms. The molecule has 0 aromatic heterocycles. The summed E-state index contributed by atoms with van der Waals surface area (Å²) in [6.45, 7) is 10.1. The second-order valence-electron chi connectivity index (χ2n) is 8.24. The third-order valence-electron chi connectivity index (χ3n) is 5.80. The molecule has 5 atom stereocenters. The maximum Gasteiger partial charge on any atom is 0.389 e. The molecule has 0 saturated carbocycles. The summed E-state index contributed by atoms with van der Waals surface area (Å²) >= 11 is 0. The van der Waals surface area contributed by atoms with Gasteiger partial charge in [0.15, 0.2) is 0 Å². The van der Waals surface area contributed by atoms with Crippen molar-refractivity contribution in [1.82, 2.24) is 0 Å². The SMILES string of the molecule is CC1(O[Si]2(C)C(CC(F)(F)F)C2(C)O[Si](C)(C)O)CC[Si]1(C)O. The summed E-state index contributed by atoms with van der Waals surface area (Å²) in [5, 5.41) is -1.77. The highest BCUT2D eigenvalue weighted by molar-refractivity contribution is 6.90. The molecule has 2 fully saturated rings. The Labute approximate surface area is 138 Å². The molecule has 136 valence electrons. The van der Waals surface area contributed by atoms with Crippen molar-refractivity contribution in [3.05, 3.63) is 0 Å². The van der Waals surface area contributed by atoms with E-state index in [4.69, 9.17) is 8.85 Å². The molecule has 2 aliphatic heterocycles. The molecule has 2 heterocycles. The van der Waals surface area contributed by atoms with Crippen molar-refractivity contribution in [1.29, 1.82) is 0 Å². The maximum atomic E-state index is 13.0. The number of hydrogen-bond donors (Lipinski definition) is 2. The quantitative estimate of drug-likeness (QED) is 0.710. The van der Waals surface area contributed by atoms with Crippen LogP contribution in [0, 0.1) is 0 Å². The van der Waals surface area contributed by atoms with Crippen LogP contribution >= 0.6 is 0 Å². The molecule has 2 N–H and O–H groups in total. The van der Waals surface area contributed by atoms with E-state index in [1.165, 1.54) is 0 Å². The van der Waals surface area contributed by atoms with Crippen molar-refractivity contribution in [3.8, 4) is 0 Å². The van der Waals surface area contributed by atoms with Crippen molar-refractivity contribution in [3.63, 3.8) is 0 Å². The maximum absolute atomic E-state index is 13.0. The van der Waals surface area contributed by atoms with E-state index in [1.807, 2.05) is 6.92 Å². The number of alkyl halides is 3. The zero-order chi connectivity index (χ0) is 18.1. The van der Waals surface area contributed by atoms with Gasteiger partial charge >= 0.3 is 14.7 Å². The van der Waals surface area contributed by atoms with Crippen LogP contribution in [0.3, 0.4) is 0 Å². The summed E-state index contributed by atoms with van der Waals surface area (Å²) < 4.78 is 50.9. The van der Waals surface area contributed by atoms with Crippen LogP contribution in [0.25, 0.3) is 0 Å². The lowest BCUT2D eigenvalue weighted by Crippen LogP contribution is -2.67. The van der Waals surface area contributed by atoms with Gasteiger partial charge in [0.05, 0.1) is 10.4 Å². The normalized spacial score (nSPS) is 47.3. The van der Waals surface area contributed by atoms with E-state index in [1.54, 1.807) is 33.1 Å². The van der Waals surface area contributed by atoms with Crippen LogP contribution in [-0.2, 0) is 8.85 Å². The van der Waals surface area contributed by atoms with Crippen molar-refractivity contribution in [2.24, 2.45) is 0 Å². The van der Waals surface area contributed by atoms with Crippen molar-refractivity contribution < 1.29 is 31.6 Å². The first-order valence-corrected chi connectivity index (χ1v) is 15.9. The van der Waals surface area contributed by atoms with E-state index in [2.05, 4.69) is 0 Å². The van der Waals surface area contributed by atoms with Gasteiger partial charge in [-0.3, -0.25) is 0 Å². The first-order chi connectivity index (χ1) is 9.96. The van der Waals surface area contributed by atoms with Gasteiger partial charge in [-0.05, 0) is 52.5 Å². The minimum absolute atomic E-state index is 0.670. The molecule has 23 heavy (non-hydrogen) atoms. The molecule has 0 aliphatic carbocycles.